The predicted molar refractivity (Wildman–Crippen MR) is 83.5 cm³/mol. The summed E-state index contributed by atoms with van der Waals surface area (Å²) >= 11 is 0. The van der Waals surface area contributed by atoms with Crippen molar-refractivity contribution in [2.75, 3.05) is 6.61 Å². The third-order valence-corrected chi connectivity index (χ3v) is 4.01. The van der Waals surface area contributed by atoms with Crippen molar-refractivity contribution in [3.8, 4) is 5.75 Å². The SMILES string of the molecule is CC1COc2ccccc2CN1C(=O)CCc1ccn(C)n1. The average Bonchev–Trinajstić information content (AvgIpc) is 2.86. The number of carbonyl (C=O) groups excluding carboxylic acids is 1. The fourth-order valence-electron chi connectivity index (χ4n) is 2.72. The van der Waals surface area contributed by atoms with Crippen LogP contribution in [0.2, 0.25) is 0 Å². The minimum atomic E-state index is 0.0728. The van der Waals surface area contributed by atoms with E-state index in [1.54, 1.807) is 4.68 Å². The van der Waals surface area contributed by atoms with Gasteiger partial charge < -0.3 is 9.64 Å². The first-order valence-corrected chi connectivity index (χ1v) is 7.62. The number of amides is 1. The molecule has 5 heteroatoms. The van der Waals surface area contributed by atoms with E-state index in [0.29, 0.717) is 26.0 Å². The highest BCUT2D eigenvalue weighted by Gasteiger charge is 2.25. The number of benzene rings is 1. The van der Waals surface area contributed by atoms with E-state index in [1.165, 1.54) is 0 Å². The Morgan fingerprint density at radius 1 is 1.36 bits per heavy atom. The lowest BCUT2D eigenvalue weighted by atomic mass is 10.1. The molecule has 2 aromatic rings. The summed E-state index contributed by atoms with van der Waals surface area (Å²) in [4.78, 5) is 14.5. The minimum Gasteiger partial charge on any atom is -0.491 e. The Morgan fingerprint density at radius 2 is 2.18 bits per heavy atom. The number of hydrogen-bond donors (Lipinski definition) is 0. The quantitative estimate of drug-likeness (QED) is 0.872. The van der Waals surface area contributed by atoms with Crippen LogP contribution >= 0.6 is 0 Å². The lowest BCUT2D eigenvalue weighted by Crippen LogP contribution is -2.39. The number of hydrogen-bond acceptors (Lipinski definition) is 3. The Morgan fingerprint density at radius 3 is 2.95 bits per heavy atom. The van der Waals surface area contributed by atoms with Gasteiger partial charge in [0.2, 0.25) is 5.91 Å². The molecule has 1 atom stereocenters. The summed E-state index contributed by atoms with van der Waals surface area (Å²) in [6.07, 6.45) is 3.05. The summed E-state index contributed by atoms with van der Waals surface area (Å²) in [6, 6.07) is 9.95. The molecule has 1 aliphatic rings. The van der Waals surface area contributed by atoms with Gasteiger partial charge in [0.25, 0.3) is 0 Å². The molecule has 1 aromatic carbocycles. The lowest BCUT2D eigenvalue weighted by molar-refractivity contribution is -0.134. The number of rotatable bonds is 3. The fourth-order valence-corrected chi connectivity index (χ4v) is 2.72. The largest absolute Gasteiger partial charge is 0.491 e. The molecule has 0 spiro atoms. The van der Waals surface area contributed by atoms with E-state index in [-0.39, 0.29) is 11.9 Å². The molecule has 0 fully saturated rings. The molecular formula is C17H21N3O2. The smallest absolute Gasteiger partial charge is 0.223 e. The monoisotopic (exact) mass is 299 g/mol. The van der Waals surface area contributed by atoms with Gasteiger partial charge >= 0.3 is 0 Å². The number of para-hydroxylation sites is 1. The van der Waals surface area contributed by atoms with Crippen LogP contribution in [0, 0.1) is 0 Å². The van der Waals surface area contributed by atoms with E-state index >= 15 is 0 Å². The second-order valence-electron chi connectivity index (χ2n) is 5.77. The maximum absolute atomic E-state index is 12.6. The number of carbonyl (C=O) groups is 1. The van der Waals surface area contributed by atoms with Crippen LogP contribution in [0.25, 0.3) is 0 Å². The molecule has 0 aliphatic carbocycles. The second-order valence-corrected chi connectivity index (χ2v) is 5.77. The highest BCUT2D eigenvalue weighted by Crippen LogP contribution is 2.25. The molecule has 1 aromatic heterocycles. The van der Waals surface area contributed by atoms with E-state index in [2.05, 4.69) is 5.10 Å². The Hall–Kier alpha value is -2.30. The van der Waals surface area contributed by atoms with E-state index in [4.69, 9.17) is 4.74 Å². The van der Waals surface area contributed by atoms with Crippen molar-refractivity contribution in [2.24, 2.45) is 7.05 Å². The summed E-state index contributed by atoms with van der Waals surface area (Å²) < 4.78 is 7.56. The summed E-state index contributed by atoms with van der Waals surface area (Å²) in [5, 5.41) is 4.32. The molecule has 3 rings (SSSR count). The van der Waals surface area contributed by atoms with Crippen molar-refractivity contribution in [2.45, 2.75) is 32.4 Å². The molecule has 1 aliphatic heterocycles. The first-order chi connectivity index (χ1) is 10.6. The molecule has 22 heavy (non-hydrogen) atoms. The van der Waals surface area contributed by atoms with E-state index < -0.39 is 0 Å². The van der Waals surface area contributed by atoms with Crippen LogP contribution in [0.4, 0.5) is 0 Å². The topological polar surface area (TPSA) is 47.4 Å². The Kier molecular flexibility index (Phi) is 4.13. The number of ether oxygens (including phenoxy) is 1. The minimum absolute atomic E-state index is 0.0728. The predicted octanol–water partition coefficient (Wildman–Crippen LogP) is 2.16. The van der Waals surface area contributed by atoms with Gasteiger partial charge in [0.05, 0.1) is 11.7 Å². The summed E-state index contributed by atoms with van der Waals surface area (Å²) in [5.74, 6) is 1.04. The molecule has 0 bridgehead atoms. The standard InChI is InChI=1S/C17H21N3O2/c1-13-12-22-16-6-4-3-5-14(16)11-20(13)17(21)8-7-15-9-10-19(2)18-15/h3-6,9-10,13H,7-8,11-12H2,1-2H3. The fraction of sp³-hybridized carbons (Fsp3) is 0.412. The van der Waals surface area contributed by atoms with Crippen molar-refractivity contribution >= 4 is 5.91 Å². The third kappa shape index (κ3) is 3.13. The van der Waals surface area contributed by atoms with Gasteiger partial charge in [0, 0.05) is 38.2 Å². The van der Waals surface area contributed by atoms with Crippen LogP contribution in [0.5, 0.6) is 5.75 Å². The maximum Gasteiger partial charge on any atom is 0.223 e. The Balaban J connectivity index is 1.68. The van der Waals surface area contributed by atoms with Crippen LogP contribution in [-0.2, 0) is 24.8 Å². The van der Waals surface area contributed by atoms with Crippen molar-refractivity contribution < 1.29 is 9.53 Å². The van der Waals surface area contributed by atoms with Crippen LogP contribution in [0.3, 0.4) is 0 Å². The molecular weight excluding hydrogens is 278 g/mol. The van der Waals surface area contributed by atoms with Crippen LogP contribution in [-0.4, -0.2) is 33.2 Å². The van der Waals surface area contributed by atoms with Crippen molar-refractivity contribution in [3.63, 3.8) is 0 Å². The van der Waals surface area contributed by atoms with E-state index in [0.717, 1.165) is 17.0 Å². The molecule has 0 saturated heterocycles. The Labute approximate surface area is 130 Å². The zero-order chi connectivity index (χ0) is 15.5. The summed E-state index contributed by atoms with van der Waals surface area (Å²) in [5.41, 5.74) is 2.02. The molecule has 1 amide bonds. The van der Waals surface area contributed by atoms with Crippen molar-refractivity contribution in [1.29, 1.82) is 0 Å². The van der Waals surface area contributed by atoms with Gasteiger partial charge in [0.15, 0.2) is 0 Å². The first-order valence-electron chi connectivity index (χ1n) is 7.62. The molecule has 5 nitrogen and oxygen atoms in total. The number of aryl methyl sites for hydroxylation is 2. The van der Waals surface area contributed by atoms with Gasteiger partial charge in [-0.25, -0.2) is 0 Å². The van der Waals surface area contributed by atoms with Gasteiger partial charge in [-0.2, -0.15) is 5.10 Å². The normalized spacial score (nSPS) is 17.5. The molecule has 0 saturated carbocycles. The third-order valence-electron chi connectivity index (χ3n) is 4.01. The zero-order valence-electron chi connectivity index (χ0n) is 13.0. The van der Waals surface area contributed by atoms with Crippen LogP contribution in [0.15, 0.2) is 36.5 Å². The number of fused-ring (bicyclic) bond motifs is 1. The molecule has 116 valence electrons. The summed E-state index contributed by atoms with van der Waals surface area (Å²) in [6.45, 7) is 3.18. The molecule has 0 radical (unpaired) electrons. The van der Waals surface area contributed by atoms with Gasteiger partial charge in [-0.1, -0.05) is 18.2 Å². The highest BCUT2D eigenvalue weighted by atomic mass is 16.5. The molecule has 0 N–H and O–H groups in total. The average molecular weight is 299 g/mol. The van der Waals surface area contributed by atoms with Crippen LogP contribution < -0.4 is 4.74 Å². The van der Waals surface area contributed by atoms with Gasteiger partial charge in [-0.3, -0.25) is 9.48 Å². The van der Waals surface area contributed by atoms with E-state index in [1.807, 2.05) is 55.4 Å². The Bertz CT molecular complexity index is 665. The maximum atomic E-state index is 12.6. The highest BCUT2D eigenvalue weighted by molar-refractivity contribution is 5.77. The molecule has 2 heterocycles. The number of nitrogens with zero attached hydrogens (tertiary/aromatic N) is 3. The van der Waals surface area contributed by atoms with Gasteiger partial charge in [0.1, 0.15) is 12.4 Å². The van der Waals surface area contributed by atoms with E-state index in [9.17, 15) is 4.79 Å². The summed E-state index contributed by atoms with van der Waals surface area (Å²) in [7, 11) is 1.89. The lowest BCUT2D eigenvalue weighted by Gasteiger charge is -2.26. The van der Waals surface area contributed by atoms with Gasteiger partial charge in [-0.15, -0.1) is 0 Å². The van der Waals surface area contributed by atoms with Crippen molar-refractivity contribution in [1.82, 2.24) is 14.7 Å². The number of aromatic nitrogens is 2. The second kappa shape index (κ2) is 6.22. The molecule has 1 unspecified atom stereocenters. The van der Waals surface area contributed by atoms with Crippen LogP contribution in [0.1, 0.15) is 24.6 Å². The van der Waals surface area contributed by atoms with Crippen molar-refractivity contribution in [3.05, 3.63) is 47.8 Å². The first kappa shape index (κ1) is 14.6. The zero-order valence-corrected chi connectivity index (χ0v) is 13.0. The van der Waals surface area contributed by atoms with Gasteiger partial charge in [-0.05, 0) is 19.1 Å².